The summed E-state index contributed by atoms with van der Waals surface area (Å²) in [5.74, 6) is 0.0193. The van der Waals surface area contributed by atoms with E-state index in [-0.39, 0.29) is 5.78 Å². The molecule has 5 rings (SSSR count). The minimum atomic E-state index is 0.0193. The van der Waals surface area contributed by atoms with Crippen molar-refractivity contribution in [1.29, 1.82) is 0 Å². The van der Waals surface area contributed by atoms with Gasteiger partial charge in [0.15, 0.2) is 5.78 Å². The van der Waals surface area contributed by atoms with E-state index >= 15 is 0 Å². The van der Waals surface area contributed by atoms with E-state index < -0.39 is 0 Å². The number of para-hydroxylation sites is 1. The highest BCUT2D eigenvalue weighted by Gasteiger charge is 2.09. The molecule has 0 radical (unpaired) electrons. The molecule has 31 heavy (non-hydrogen) atoms. The number of hydrogen-bond donors (Lipinski definition) is 0. The standard InChI is InChI=1S/C29H23NO/c1-21-13-15-23(16-14-21)29(31)18-17-25-20-30(28-12-5-4-11-27(25)28)19-24-9-6-8-22-7-2-3-10-26(22)24/h2-18,20H,19H2,1H3/b18-17+. The minimum absolute atomic E-state index is 0.0193. The monoisotopic (exact) mass is 401 g/mol. The number of allylic oxidation sites excluding steroid dienone is 1. The molecule has 4 aromatic carbocycles. The molecule has 0 fully saturated rings. The van der Waals surface area contributed by atoms with Gasteiger partial charge in [0.2, 0.25) is 0 Å². The smallest absolute Gasteiger partial charge is 0.185 e. The van der Waals surface area contributed by atoms with Crippen molar-refractivity contribution < 1.29 is 4.79 Å². The van der Waals surface area contributed by atoms with Crippen LogP contribution in [0.2, 0.25) is 0 Å². The molecule has 0 saturated carbocycles. The third-order valence-corrected chi connectivity index (χ3v) is 5.79. The lowest BCUT2D eigenvalue weighted by atomic mass is 10.0. The van der Waals surface area contributed by atoms with Gasteiger partial charge in [-0.2, -0.15) is 0 Å². The number of rotatable bonds is 5. The van der Waals surface area contributed by atoms with Crippen LogP contribution in [0.15, 0.2) is 103 Å². The molecule has 2 nitrogen and oxygen atoms in total. The van der Waals surface area contributed by atoms with E-state index in [1.54, 1.807) is 6.08 Å². The lowest BCUT2D eigenvalue weighted by Gasteiger charge is -2.09. The number of carbonyl (C=O) groups is 1. The van der Waals surface area contributed by atoms with E-state index in [1.165, 1.54) is 16.3 Å². The second-order valence-electron chi connectivity index (χ2n) is 7.93. The van der Waals surface area contributed by atoms with Gasteiger partial charge in [0.1, 0.15) is 0 Å². The van der Waals surface area contributed by atoms with Crippen LogP contribution < -0.4 is 0 Å². The van der Waals surface area contributed by atoms with Gasteiger partial charge in [-0.1, -0.05) is 90.5 Å². The van der Waals surface area contributed by atoms with Crippen LogP contribution >= 0.6 is 0 Å². The zero-order valence-electron chi connectivity index (χ0n) is 17.5. The Bertz CT molecular complexity index is 1420. The summed E-state index contributed by atoms with van der Waals surface area (Å²) in [5.41, 5.74) is 5.36. The Labute approximate surface area is 182 Å². The highest BCUT2D eigenvalue weighted by atomic mass is 16.1. The SMILES string of the molecule is Cc1ccc(C(=O)/C=C/c2cn(Cc3cccc4ccccc34)c3ccccc23)cc1. The van der Waals surface area contributed by atoms with Crippen molar-refractivity contribution in [3.05, 3.63) is 126 Å². The molecule has 150 valence electrons. The molecule has 2 heteroatoms. The van der Waals surface area contributed by atoms with Gasteiger partial charge in [0, 0.05) is 34.8 Å². The minimum Gasteiger partial charge on any atom is -0.342 e. The largest absolute Gasteiger partial charge is 0.342 e. The molecule has 0 saturated heterocycles. The van der Waals surface area contributed by atoms with E-state index in [0.29, 0.717) is 5.56 Å². The van der Waals surface area contributed by atoms with Gasteiger partial charge in [-0.15, -0.1) is 0 Å². The lowest BCUT2D eigenvalue weighted by Crippen LogP contribution is -1.98. The van der Waals surface area contributed by atoms with Crippen LogP contribution in [0.3, 0.4) is 0 Å². The summed E-state index contributed by atoms with van der Waals surface area (Å²) < 4.78 is 2.27. The average molecular weight is 402 g/mol. The summed E-state index contributed by atoms with van der Waals surface area (Å²) in [7, 11) is 0. The fraction of sp³-hybridized carbons (Fsp3) is 0.0690. The molecule has 0 bridgehead atoms. The zero-order valence-corrected chi connectivity index (χ0v) is 17.5. The molecule has 0 aliphatic rings. The number of nitrogens with zero attached hydrogens (tertiary/aromatic N) is 1. The summed E-state index contributed by atoms with van der Waals surface area (Å²) in [6.07, 6.45) is 5.75. The molecule has 0 atom stereocenters. The number of aromatic nitrogens is 1. The number of ketones is 1. The summed E-state index contributed by atoms with van der Waals surface area (Å²) in [4.78, 5) is 12.6. The van der Waals surface area contributed by atoms with Crippen molar-refractivity contribution in [3.8, 4) is 0 Å². The van der Waals surface area contributed by atoms with Gasteiger partial charge in [0.25, 0.3) is 0 Å². The van der Waals surface area contributed by atoms with Crippen LogP contribution in [0.25, 0.3) is 27.8 Å². The Morgan fingerprint density at radius 3 is 2.35 bits per heavy atom. The van der Waals surface area contributed by atoms with Crippen molar-refractivity contribution in [2.75, 3.05) is 0 Å². The summed E-state index contributed by atoms with van der Waals surface area (Å²) >= 11 is 0. The van der Waals surface area contributed by atoms with Crippen molar-refractivity contribution in [1.82, 2.24) is 4.57 Å². The first-order chi connectivity index (χ1) is 15.2. The van der Waals surface area contributed by atoms with Crippen molar-refractivity contribution in [3.63, 3.8) is 0 Å². The first kappa shape index (κ1) is 19.1. The molecule has 0 spiro atoms. The fourth-order valence-electron chi connectivity index (χ4n) is 4.13. The molecule has 5 aromatic rings. The van der Waals surface area contributed by atoms with Crippen LogP contribution in [0.5, 0.6) is 0 Å². The van der Waals surface area contributed by atoms with Crippen LogP contribution in [0.4, 0.5) is 0 Å². The Balaban J connectivity index is 1.51. The maximum absolute atomic E-state index is 12.6. The molecule has 0 unspecified atom stereocenters. The normalized spacial score (nSPS) is 11.5. The summed E-state index contributed by atoms with van der Waals surface area (Å²) in [6, 6.07) is 31.0. The number of aryl methyl sites for hydroxylation is 1. The van der Waals surface area contributed by atoms with E-state index in [9.17, 15) is 4.79 Å². The lowest BCUT2D eigenvalue weighted by molar-refractivity contribution is 0.104. The molecule has 1 heterocycles. The maximum Gasteiger partial charge on any atom is 0.185 e. The predicted octanol–water partition coefficient (Wildman–Crippen LogP) is 7.05. The number of benzene rings is 4. The van der Waals surface area contributed by atoms with Crippen LogP contribution in [0, 0.1) is 6.92 Å². The molecule has 0 amide bonds. The first-order valence-corrected chi connectivity index (χ1v) is 10.5. The Kier molecular flexibility index (Phi) is 4.97. The average Bonchev–Trinajstić information content (AvgIpc) is 3.16. The molecule has 1 aromatic heterocycles. The van der Waals surface area contributed by atoms with Crippen LogP contribution in [0.1, 0.15) is 27.0 Å². The number of carbonyl (C=O) groups excluding carboxylic acids is 1. The van der Waals surface area contributed by atoms with E-state index in [4.69, 9.17) is 0 Å². The highest BCUT2D eigenvalue weighted by molar-refractivity contribution is 6.07. The van der Waals surface area contributed by atoms with E-state index in [0.717, 1.165) is 28.6 Å². The van der Waals surface area contributed by atoms with Gasteiger partial charge in [-0.3, -0.25) is 4.79 Å². The van der Waals surface area contributed by atoms with Crippen molar-refractivity contribution in [2.24, 2.45) is 0 Å². The second-order valence-corrected chi connectivity index (χ2v) is 7.93. The van der Waals surface area contributed by atoms with Gasteiger partial charge in [0.05, 0.1) is 0 Å². The fourth-order valence-corrected chi connectivity index (χ4v) is 4.13. The van der Waals surface area contributed by atoms with E-state index in [1.807, 2.05) is 43.3 Å². The summed E-state index contributed by atoms with van der Waals surface area (Å²) in [5, 5.41) is 3.67. The number of hydrogen-bond acceptors (Lipinski definition) is 1. The van der Waals surface area contributed by atoms with Crippen LogP contribution in [-0.4, -0.2) is 10.4 Å². The van der Waals surface area contributed by atoms with E-state index in [2.05, 4.69) is 71.4 Å². The van der Waals surface area contributed by atoms with Gasteiger partial charge in [-0.25, -0.2) is 0 Å². The molecule has 0 aliphatic heterocycles. The topological polar surface area (TPSA) is 22.0 Å². The van der Waals surface area contributed by atoms with Crippen LogP contribution in [-0.2, 0) is 6.54 Å². The Morgan fingerprint density at radius 2 is 1.52 bits per heavy atom. The second kappa shape index (κ2) is 8.08. The Morgan fingerprint density at radius 1 is 0.806 bits per heavy atom. The van der Waals surface area contributed by atoms with Gasteiger partial charge in [-0.05, 0) is 41.5 Å². The maximum atomic E-state index is 12.6. The molecular weight excluding hydrogens is 378 g/mol. The molecule has 0 N–H and O–H groups in total. The first-order valence-electron chi connectivity index (χ1n) is 10.5. The third-order valence-electron chi connectivity index (χ3n) is 5.79. The highest BCUT2D eigenvalue weighted by Crippen LogP contribution is 2.26. The van der Waals surface area contributed by atoms with Crippen molar-refractivity contribution in [2.45, 2.75) is 13.5 Å². The number of fused-ring (bicyclic) bond motifs is 2. The Hall–Kier alpha value is -3.91. The third kappa shape index (κ3) is 3.80. The molecular formula is C29H23NO. The van der Waals surface area contributed by atoms with Crippen molar-refractivity contribution >= 4 is 33.5 Å². The predicted molar refractivity (Wildman–Crippen MR) is 130 cm³/mol. The zero-order chi connectivity index (χ0) is 21.2. The summed E-state index contributed by atoms with van der Waals surface area (Å²) in [6.45, 7) is 2.80. The van der Waals surface area contributed by atoms with Gasteiger partial charge < -0.3 is 4.57 Å². The van der Waals surface area contributed by atoms with Gasteiger partial charge >= 0.3 is 0 Å². The molecule has 0 aliphatic carbocycles. The quantitative estimate of drug-likeness (QED) is 0.228.